The summed E-state index contributed by atoms with van der Waals surface area (Å²) >= 11 is 3.25. The standard InChI is InChI=1S/C18H14N2O2S2/c1-12-19-16(11-24-12)13-4-6-15(7-5-13)21-9-14-10-22-18(20-14)17-3-2-8-23-17/h2-8,10-11H,9H2,1H3. The van der Waals surface area contributed by atoms with Crippen LogP contribution in [0.3, 0.4) is 0 Å². The summed E-state index contributed by atoms with van der Waals surface area (Å²) in [6.07, 6.45) is 1.64. The van der Waals surface area contributed by atoms with Gasteiger partial charge in [-0.3, -0.25) is 0 Å². The van der Waals surface area contributed by atoms with Crippen molar-refractivity contribution in [2.45, 2.75) is 13.5 Å². The van der Waals surface area contributed by atoms with E-state index in [1.165, 1.54) is 0 Å². The van der Waals surface area contributed by atoms with Crippen LogP contribution in [0.15, 0.2) is 57.8 Å². The zero-order valence-corrected chi connectivity index (χ0v) is 14.6. The summed E-state index contributed by atoms with van der Waals surface area (Å²) in [4.78, 5) is 9.95. The lowest BCUT2D eigenvalue weighted by molar-refractivity contribution is 0.301. The Bertz CT molecular complexity index is 924. The summed E-state index contributed by atoms with van der Waals surface area (Å²) in [5.74, 6) is 1.43. The molecule has 1 aromatic carbocycles. The Kier molecular flexibility index (Phi) is 4.15. The minimum Gasteiger partial charge on any atom is -0.487 e. The lowest BCUT2D eigenvalue weighted by atomic mass is 10.2. The third-order valence-electron chi connectivity index (χ3n) is 3.44. The van der Waals surface area contributed by atoms with Gasteiger partial charge in [-0.25, -0.2) is 9.97 Å². The first kappa shape index (κ1) is 15.1. The number of aryl methyl sites for hydroxylation is 1. The van der Waals surface area contributed by atoms with Crippen LogP contribution in [0.2, 0.25) is 0 Å². The van der Waals surface area contributed by atoms with Crippen molar-refractivity contribution in [1.82, 2.24) is 9.97 Å². The highest BCUT2D eigenvalue weighted by Crippen LogP contribution is 2.26. The fourth-order valence-corrected chi connectivity index (χ4v) is 3.54. The van der Waals surface area contributed by atoms with E-state index in [0.29, 0.717) is 12.5 Å². The molecule has 24 heavy (non-hydrogen) atoms. The van der Waals surface area contributed by atoms with Crippen LogP contribution in [0.25, 0.3) is 22.0 Å². The molecule has 0 saturated heterocycles. The summed E-state index contributed by atoms with van der Waals surface area (Å²) in [6, 6.07) is 11.9. The Morgan fingerprint density at radius 1 is 1.08 bits per heavy atom. The Labute approximate surface area is 147 Å². The minimum atomic E-state index is 0.379. The molecule has 0 atom stereocenters. The first-order chi connectivity index (χ1) is 11.8. The average molecular weight is 354 g/mol. The van der Waals surface area contributed by atoms with E-state index in [4.69, 9.17) is 9.15 Å². The molecule has 4 aromatic rings. The molecule has 0 amide bonds. The monoisotopic (exact) mass is 354 g/mol. The third-order valence-corrected chi connectivity index (χ3v) is 5.07. The third kappa shape index (κ3) is 3.25. The van der Waals surface area contributed by atoms with E-state index < -0.39 is 0 Å². The molecule has 0 fully saturated rings. The summed E-state index contributed by atoms with van der Waals surface area (Å²) in [5, 5.41) is 5.13. The number of hydrogen-bond acceptors (Lipinski definition) is 6. The van der Waals surface area contributed by atoms with Gasteiger partial charge >= 0.3 is 0 Å². The Balaban J connectivity index is 1.41. The first-order valence-corrected chi connectivity index (χ1v) is 9.17. The summed E-state index contributed by atoms with van der Waals surface area (Å²) in [5.41, 5.74) is 2.87. The number of oxazole rings is 1. The van der Waals surface area contributed by atoms with Crippen molar-refractivity contribution in [2.75, 3.05) is 0 Å². The summed E-state index contributed by atoms with van der Waals surface area (Å²) in [6.45, 7) is 2.39. The smallest absolute Gasteiger partial charge is 0.236 e. The molecule has 4 nitrogen and oxygen atoms in total. The van der Waals surface area contributed by atoms with E-state index in [-0.39, 0.29) is 0 Å². The van der Waals surface area contributed by atoms with Crippen molar-refractivity contribution in [3.63, 3.8) is 0 Å². The zero-order chi connectivity index (χ0) is 16.4. The number of benzene rings is 1. The highest BCUT2D eigenvalue weighted by atomic mass is 32.1. The van der Waals surface area contributed by atoms with E-state index in [1.807, 2.05) is 48.7 Å². The van der Waals surface area contributed by atoms with Crippen molar-refractivity contribution >= 4 is 22.7 Å². The fourth-order valence-electron chi connectivity index (χ4n) is 2.26. The van der Waals surface area contributed by atoms with Crippen LogP contribution in [-0.4, -0.2) is 9.97 Å². The van der Waals surface area contributed by atoms with Crippen molar-refractivity contribution in [2.24, 2.45) is 0 Å². The van der Waals surface area contributed by atoms with Crippen molar-refractivity contribution in [1.29, 1.82) is 0 Å². The summed E-state index contributed by atoms with van der Waals surface area (Å²) in [7, 11) is 0. The topological polar surface area (TPSA) is 48.2 Å². The minimum absolute atomic E-state index is 0.379. The zero-order valence-electron chi connectivity index (χ0n) is 12.9. The number of thiophene rings is 1. The molecule has 0 aliphatic heterocycles. The van der Waals surface area contributed by atoms with Crippen molar-refractivity contribution in [3.05, 3.63) is 64.1 Å². The van der Waals surface area contributed by atoms with E-state index in [2.05, 4.69) is 15.3 Å². The Hall–Kier alpha value is -2.44. The van der Waals surface area contributed by atoms with E-state index in [9.17, 15) is 0 Å². The molecule has 0 unspecified atom stereocenters. The van der Waals surface area contributed by atoms with Gasteiger partial charge in [0.1, 0.15) is 24.3 Å². The Morgan fingerprint density at radius 2 is 1.96 bits per heavy atom. The second-order valence-corrected chi connectivity index (χ2v) is 7.20. The van der Waals surface area contributed by atoms with Gasteiger partial charge < -0.3 is 9.15 Å². The number of rotatable bonds is 5. The molecule has 120 valence electrons. The SMILES string of the molecule is Cc1nc(-c2ccc(OCc3coc(-c4cccs4)n3)cc2)cs1. The van der Waals surface area contributed by atoms with Gasteiger partial charge in [-0.1, -0.05) is 6.07 Å². The van der Waals surface area contributed by atoms with E-state index >= 15 is 0 Å². The highest BCUT2D eigenvalue weighted by Gasteiger charge is 2.08. The molecule has 4 rings (SSSR count). The van der Waals surface area contributed by atoms with Crippen LogP contribution in [-0.2, 0) is 6.61 Å². The van der Waals surface area contributed by atoms with Crippen LogP contribution >= 0.6 is 22.7 Å². The fraction of sp³-hybridized carbons (Fsp3) is 0.111. The predicted octanol–water partition coefficient (Wildman–Crippen LogP) is 5.41. The van der Waals surface area contributed by atoms with Crippen molar-refractivity contribution in [3.8, 4) is 27.8 Å². The van der Waals surface area contributed by atoms with Gasteiger partial charge in [0, 0.05) is 10.9 Å². The molecule has 0 saturated carbocycles. The molecular weight excluding hydrogens is 340 g/mol. The molecule has 0 aliphatic carbocycles. The highest BCUT2D eigenvalue weighted by molar-refractivity contribution is 7.13. The van der Waals surface area contributed by atoms with Gasteiger partial charge in [-0.2, -0.15) is 0 Å². The lowest BCUT2D eigenvalue weighted by Crippen LogP contribution is -1.95. The second kappa shape index (κ2) is 6.59. The number of nitrogens with zero attached hydrogens (tertiary/aromatic N) is 2. The molecule has 6 heteroatoms. The molecule has 3 aromatic heterocycles. The van der Waals surface area contributed by atoms with Crippen LogP contribution in [0.5, 0.6) is 5.75 Å². The van der Waals surface area contributed by atoms with E-state index in [1.54, 1.807) is 28.9 Å². The van der Waals surface area contributed by atoms with Gasteiger partial charge in [0.2, 0.25) is 5.89 Å². The summed E-state index contributed by atoms with van der Waals surface area (Å²) < 4.78 is 11.3. The quantitative estimate of drug-likeness (QED) is 0.480. The maximum Gasteiger partial charge on any atom is 0.236 e. The van der Waals surface area contributed by atoms with Gasteiger partial charge in [0.15, 0.2) is 0 Å². The second-order valence-electron chi connectivity index (χ2n) is 5.19. The van der Waals surface area contributed by atoms with E-state index in [0.717, 1.165) is 32.6 Å². The maximum atomic E-state index is 5.78. The van der Waals surface area contributed by atoms with Gasteiger partial charge in [0.05, 0.1) is 15.6 Å². The van der Waals surface area contributed by atoms with Gasteiger partial charge in [0.25, 0.3) is 0 Å². The Morgan fingerprint density at radius 3 is 2.67 bits per heavy atom. The van der Waals surface area contributed by atoms with Gasteiger partial charge in [-0.15, -0.1) is 22.7 Å². The largest absolute Gasteiger partial charge is 0.487 e. The van der Waals surface area contributed by atoms with Crippen LogP contribution < -0.4 is 4.74 Å². The molecule has 0 N–H and O–H groups in total. The normalized spacial score (nSPS) is 10.9. The van der Waals surface area contributed by atoms with Crippen LogP contribution in [0.4, 0.5) is 0 Å². The maximum absolute atomic E-state index is 5.78. The average Bonchev–Trinajstić information content (AvgIpc) is 3.34. The molecule has 0 aliphatic rings. The molecule has 0 spiro atoms. The van der Waals surface area contributed by atoms with Crippen molar-refractivity contribution < 1.29 is 9.15 Å². The van der Waals surface area contributed by atoms with Gasteiger partial charge in [-0.05, 0) is 42.6 Å². The predicted molar refractivity (Wildman–Crippen MR) is 96.4 cm³/mol. The number of hydrogen-bond donors (Lipinski definition) is 0. The first-order valence-electron chi connectivity index (χ1n) is 7.41. The number of aromatic nitrogens is 2. The lowest BCUT2D eigenvalue weighted by Gasteiger charge is -2.04. The number of ether oxygens (including phenoxy) is 1. The number of thiazole rings is 1. The molecule has 0 bridgehead atoms. The molecular formula is C18H14N2O2S2. The molecule has 3 heterocycles. The van der Waals surface area contributed by atoms with Crippen LogP contribution in [0, 0.1) is 6.92 Å². The molecule has 0 radical (unpaired) electrons. The van der Waals surface area contributed by atoms with Crippen LogP contribution in [0.1, 0.15) is 10.7 Å².